The van der Waals surface area contributed by atoms with E-state index in [-0.39, 0.29) is 6.61 Å². The number of rotatable bonds is 5. The Balaban J connectivity index is 1.66. The van der Waals surface area contributed by atoms with Crippen LogP contribution >= 0.6 is 0 Å². The van der Waals surface area contributed by atoms with Gasteiger partial charge in [0.05, 0.1) is 29.3 Å². The van der Waals surface area contributed by atoms with Gasteiger partial charge in [-0.25, -0.2) is 4.79 Å². The zero-order chi connectivity index (χ0) is 15.4. The molecule has 1 aromatic carbocycles. The van der Waals surface area contributed by atoms with Crippen molar-refractivity contribution in [2.75, 3.05) is 6.61 Å². The third-order valence-corrected chi connectivity index (χ3v) is 3.43. The van der Waals surface area contributed by atoms with Gasteiger partial charge in [-0.3, -0.25) is 0 Å². The normalized spacial score (nSPS) is 12.0. The number of nitrogens with one attached hydrogen (secondary N) is 1. The highest BCUT2D eigenvalue weighted by Crippen LogP contribution is 2.18. The van der Waals surface area contributed by atoms with Gasteiger partial charge >= 0.3 is 5.97 Å². The molecule has 110 valence electrons. The number of carbonyl (C=O) groups is 1. The molecule has 0 amide bonds. The number of ether oxygens (including phenoxy) is 1. The molecule has 0 radical (unpaired) electrons. The molecule has 0 aliphatic heterocycles. The van der Waals surface area contributed by atoms with Gasteiger partial charge in [0.2, 0.25) is 0 Å². The van der Waals surface area contributed by atoms with Gasteiger partial charge in [0, 0.05) is 18.0 Å². The Bertz CT molecular complexity index is 812. The number of fused-ring (bicyclic) bond motifs is 1. The topological polar surface area (TPSA) is 79.0 Å². The Hall–Kier alpha value is -3.00. The molecule has 2 aromatic heterocycles. The van der Waals surface area contributed by atoms with E-state index in [0.717, 1.165) is 10.9 Å². The maximum atomic E-state index is 12.2. The van der Waals surface area contributed by atoms with E-state index in [1.165, 1.54) is 0 Å². The van der Waals surface area contributed by atoms with Crippen LogP contribution in [0.25, 0.3) is 10.9 Å². The standard InChI is InChI=1S/C17H14N2O3/c18-10-12(9-14-4-2-8-21-14)11-22-17(20)15-5-1-3-13-6-7-19-16(13)15/h1-8,12,19H,9,11H2/t12-/m1/s1. The van der Waals surface area contributed by atoms with Crippen LogP contribution < -0.4 is 0 Å². The zero-order valence-corrected chi connectivity index (χ0v) is 11.8. The number of nitrogens with zero attached hydrogens (tertiary/aromatic N) is 1. The predicted molar refractivity (Wildman–Crippen MR) is 80.1 cm³/mol. The lowest BCUT2D eigenvalue weighted by Crippen LogP contribution is -2.15. The second-order valence-corrected chi connectivity index (χ2v) is 4.96. The maximum Gasteiger partial charge on any atom is 0.340 e. The molecule has 0 saturated carbocycles. The van der Waals surface area contributed by atoms with Crippen molar-refractivity contribution < 1.29 is 13.9 Å². The first-order valence-corrected chi connectivity index (χ1v) is 6.93. The van der Waals surface area contributed by atoms with Crippen LogP contribution in [-0.4, -0.2) is 17.6 Å². The Kier molecular flexibility index (Phi) is 3.92. The number of benzene rings is 1. The maximum absolute atomic E-state index is 12.2. The second kappa shape index (κ2) is 6.19. The van der Waals surface area contributed by atoms with Crippen LogP contribution in [0, 0.1) is 17.2 Å². The molecule has 0 unspecified atom stereocenters. The molecule has 22 heavy (non-hydrogen) atoms. The van der Waals surface area contributed by atoms with Gasteiger partial charge < -0.3 is 14.1 Å². The fraction of sp³-hybridized carbons (Fsp3) is 0.176. The van der Waals surface area contributed by atoms with E-state index in [9.17, 15) is 4.79 Å². The predicted octanol–water partition coefficient (Wildman–Crippen LogP) is 3.30. The van der Waals surface area contributed by atoms with E-state index in [4.69, 9.17) is 14.4 Å². The quantitative estimate of drug-likeness (QED) is 0.732. The van der Waals surface area contributed by atoms with Crippen molar-refractivity contribution in [2.45, 2.75) is 6.42 Å². The summed E-state index contributed by atoms with van der Waals surface area (Å²) in [5.41, 5.74) is 1.21. The number of hydrogen-bond acceptors (Lipinski definition) is 4. The first-order chi connectivity index (χ1) is 10.8. The lowest BCUT2D eigenvalue weighted by molar-refractivity contribution is 0.0468. The molecule has 0 spiro atoms. The summed E-state index contributed by atoms with van der Waals surface area (Å²) in [6, 6.07) is 13.0. The van der Waals surface area contributed by atoms with E-state index >= 15 is 0 Å². The van der Waals surface area contributed by atoms with E-state index in [0.29, 0.717) is 17.7 Å². The minimum atomic E-state index is -0.437. The van der Waals surface area contributed by atoms with Gasteiger partial charge in [-0.05, 0) is 24.3 Å². The summed E-state index contributed by atoms with van der Waals surface area (Å²) in [7, 11) is 0. The third-order valence-electron chi connectivity index (χ3n) is 3.43. The largest absolute Gasteiger partial charge is 0.469 e. The first kappa shape index (κ1) is 14.0. The molecular formula is C17H14N2O3. The van der Waals surface area contributed by atoms with Crippen molar-refractivity contribution in [1.82, 2.24) is 4.98 Å². The van der Waals surface area contributed by atoms with Crippen LogP contribution in [0.5, 0.6) is 0 Å². The summed E-state index contributed by atoms with van der Waals surface area (Å²) in [5.74, 6) is -0.167. The summed E-state index contributed by atoms with van der Waals surface area (Å²) >= 11 is 0. The molecule has 0 fully saturated rings. The monoisotopic (exact) mass is 294 g/mol. The number of esters is 1. The average molecular weight is 294 g/mol. The van der Waals surface area contributed by atoms with Crippen molar-refractivity contribution in [1.29, 1.82) is 5.26 Å². The highest BCUT2D eigenvalue weighted by Gasteiger charge is 2.16. The van der Waals surface area contributed by atoms with Crippen molar-refractivity contribution in [3.8, 4) is 6.07 Å². The van der Waals surface area contributed by atoms with E-state index < -0.39 is 11.9 Å². The van der Waals surface area contributed by atoms with Gasteiger partial charge in [0.25, 0.3) is 0 Å². The molecule has 1 atom stereocenters. The van der Waals surface area contributed by atoms with Gasteiger partial charge in [-0.2, -0.15) is 5.26 Å². The molecule has 2 heterocycles. The van der Waals surface area contributed by atoms with E-state index in [1.807, 2.05) is 12.1 Å². The number of para-hydroxylation sites is 1. The summed E-state index contributed by atoms with van der Waals surface area (Å²) in [6.45, 7) is 0.0349. The SMILES string of the molecule is N#C[C@H](COC(=O)c1cccc2cc[nH]c12)Cc1ccco1. The lowest BCUT2D eigenvalue weighted by atomic mass is 10.1. The molecule has 0 bridgehead atoms. The van der Waals surface area contributed by atoms with Crippen LogP contribution in [0.15, 0.2) is 53.3 Å². The Morgan fingerprint density at radius 2 is 2.23 bits per heavy atom. The zero-order valence-electron chi connectivity index (χ0n) is 11.8. The molecule has 0 aliphatic carbocycles. The van der Waals surface area contributed by atoms with Gasteiger partial charge in [0.15, 0.2) is 0 Å². The van der Waals surface area contributed by atoms with Gasteiger partial charge in [-0.1, -0.05) is 12.1 Å². The van der Waals surface area contributed by atoms with Crippen molar-refractivity contribution >= 4 is 16.9 Å². The second-order valence-electron chi connectivity index (χ2n) is 4.96. The molecule has 3 aromatic rings. The number of H-pyrrole nitrogens is 1. The number of nitriles is 1. The molecule has 3 rings (SSSR count). The first-order valence-electron chi connectivity index (χ1n) is 6.93. The summed E-state index contributed by atoms with van der Waals surface area (Å²) < 4.78 is 10.5. The fourth-order valence-corrected chi connectivity index (χ4v) is 2.32. The molecule has 5 heteroatoms. The van der Waals surface area contributed by atoms with Gasteiger partial charge in [-0.15, -0.1) is 0 Å². The van der Waals surface area contributed by atoms with Crippen LogP contribution in [0.2, 0.25) is 0 Å². The minimum Gasteiger partial charge on any atom is -0.469 e. The number of aromatic nitrogens is 1. The van der Waals surface area contributed by atoms with Crippen molar-refractivity contribution in [2.24, 2.45) is 5.92 Å². The molecular weight excluding hydrogens is 280 g/mol. The van der Waals surface area contributed by atoms with Crippen LogP contribution in [0.4, 0.5) is 0 Å². The van der Waals surface area contributed by atoms with E-state index in [1.54, 1.807) is 36.7 Å². The van der Waals surface area contributed by atoms with Crippen LogP contribution in [-0.2, 0) is 11.2 Å². The molecule has 0 saturated heterocycles. The molecule has 5 nitrogen and oxygen atoms in total. The number of furan rings is 1. The molecule has 1 N–H and O–H groups in total. The molecule has 0 aliphatic rings. The summed E-state index contributed by atoms with van der Waals surface area (Å²) in [6.07, 6.45) is 3.75. The van der Waals surface area contributed by atoms with Crippen LogP contribution in [0.1, 0.15) is 16.1 Å². The Morgan fingerprint density at radius 3 is 3.00 bits per heavy atom. The summed E-state index contributed by atoms with van der Waals surface area (Å²) in [4.78, 5) is 15.2. The van der Waals surface area contributed by atoms with Gasteiger partial charge in [0.1, 0.15) is 12.4 Å². The summed E-state index contributed by atoms with van der Waals surface area (Å²) in [5, 5.41) is 10.1. The Morgan fingerprint density at radius 1 is 1.32 bits per heavy atom. The number of hydrogen-bond donors (Lipinski definition) is 1. The lowest BCUT2D eigenvalue weighted by Gasteiger charge is -2.09. The average Bonchev–Trinajstić information content (AvgIpc) is 3.21. The smallest absolute Gasteiger partial charge is 0.340 e. The van der Waals surface area contributed by atoms with Crippen molar-refractivity contribution in [3.63, 3.8) is 0 Å². The van der Waals surface area contributed by atoms with Crippen molar-refractivity contribution in [3.05, 3.63) is 60.2 Å². The number of carbonyl (C=O) groups excluding carboxylic acids is 1. The minimum absolute atomic E-state index is 0.0349. The Labute approximate surface area is 127 Å². The van der Waals surface area contributed by atoms with Crippen LogP contribution in [0.3, 0.4) is 0 Å². The highest BCUT2D eigenvalue weighted by atomic mass is 16.5. The third kappa shape index (κ3) is 2.86. The fourth-order valence-electron chi connectivity index (χ4n) is 2.32. The highest BCUT2D eigenvalue weighted by molar-refractivity contribution is 6.02. The van der Waals surface area contributed by atoms with E-state index in [2.05, 4.69) is 11.1 Å². The number of aromatic amines is 1.